The summed E-state index contributed by atoms with van der Waals surface area (Å²) in [5.41, 5.74) is 5.91. The van der Waals surface area contributed by atoms with Gasteiger partial charge in [0, 0.05) is 10.7 Å². The van der Waals surface area contributed by atoms with Gasteiger partial charge in [-0.2, -0.15) is 4.98 Å². The first kappa shape index (κ1) is 12.2. The van der Waals surface area contributed by atoms with Gasteiger partial charge in [-0.25, -0.2) is 0 Å². The summed E-state index contributed by atoms with van der Waals surface area (Å²) in [6.45, 7) is 0.353. The third-order valence-electron chi connectivity index (χ3n) is 2.14. The molecule has 0 aromatic carbocycles. The molecule has 0 saturated carbocycles. The van der Waals surface area contributed by atoms with Gasteiger partial charge in [0.05, 0.1) is 0 Å². The molecular formula is C10H11BrN4O2. The molecule has 0 bridgehead atoms. The molecule has 3 N–H and O–H groups in total. The van der Waals surface area contributed by atoms with Crippen LogP contribution in [0.4, 0.5) is 0 Å². The Morgan fingerprint density at radius 3 is 3.06 bits per heavy atom. The summed E-state index contributed by atoms with van der Waals surface area (Å²) in [6.07, 6.45) is 1.18. The van der Waals surface area contributed by atoms with Gasteiger partial charge in [-0.05, 0) is 41.0 Å². The molecule has 2 rings (SSSR count). The maximum Gasteiger partial charge on any atom is 0.255 e. The summed E-state index contributed by atoms with van der Waals surface area (Å²) >= 11 is 3.34. The van der Waals surface area contributed by atoms with Crippen molar-refractivity contribution >= 4 is 15.9 Å². The molecule has 0 aliphatic rings. The molecule has 90 valence electrons. The second kappa shape index (κ2) is 5.35. The summed E-state index contributed by atoms with van der Waals surface area (Å²) < 4.78 is 5.73. The Bertz CT molecular complexity index is 503. The zero-order chi connectivity index (χ0) is 12.3. The van der Waals surface area contributed by atoms with Crippen LogP contribution >= 0.6 is 15.9 Å². The van der Waals surface area contributed by atoms with Gasteiger partial charge >= 0.3 is 0 Å². The first-order chi connectivity index (χ1) is 8.22. The SMILES string of the molecule is NCCC(O)c1nc(-c2ncccc2Br)no1. The number of halogens is 1. The molecule has 0 fully saturated rings. The minimum atomic E-state index is -0.830. The number of pyridine rings is 1. The molecule has 0 spiro atoms. The minimum Gasteiger partial charge on any atom is -0.383 e. The number of nitrogens with two attached hydrogens (primary N) is 1. The molecule has 0 amide bonds. The van der Waals surface area contributed by atoms with Crippen LogP contribution in [-0.4, -0.2) is 26.8 Å². The number of nitrogens with zero attached hydrogens (tertiary/aromatic N) is 3. The Morgan fingerprint density at radius 2 is 2.35 bits per heavy atom. The smallest absolute Gasteiger partial charge is 0.255 e. The lowest BCUT2D eigenvalue weighted by molar-refractivity contribution is 0.127. The number of rotatable bonds is 4. The van der Waals surface area contributed by atoms with Gasteiger partial charge in [0.2, 0.25) is 5.82 Å². The molecule has 6 nitrogen and oxygen atoms in total. The molecule has 0 radical (unpaired) electrons. The van der Waals surface area contributed by atoms with Crippen LogP contribution in [0.25, 0.3) is 11.5 Å². The van der Waals surface area contributed by atoms with Gasteiger partial charge in [-0.15, -0.1) is 0 Å². The van der Waals surface area contributed by atoms with E-state index >= 15 is 0 Å². The van der Waals surface area contributed by atoms with E-state index in [9.17, 15) is 5.11 Å². The van der Waals surface area contributed by atoms with Gasteiger partial charge in [0.25, 0.3) is 5.89 Å². The third-order valence-corrected chi connectivity index (χ3v) is 2.78. The lowest BCUT2D eigenvalue weighted by atomic mass is 10.2. The Balaban J connectivity index is 2.27. The van der Waals surface area contributed by atoms with E-state index in [0.29, 0.717) is 24.5 Å². The van der Waals surface area contributed by atoms with Gasteiger partial charge in [0.15, 0.2) is 0 Å². The van der Waals surface area contributed by atoms with Crippen molar-refractivity contribution in [2.75, 3.05) is 6.54 Å². The normalized spacial score (nSPS) is 12.6. The van der Waals surface area contributed by atoms with Gasteiger partial charge in [-0.1, -0.05) is 5.16 Å². The summed E-state index contributed by atoms with van der Waals surface area (Å²) in [7, 11) is 0. The molecule has 0 aliphatic carbocycles. The number of aromatic nitrogens is 3. The summed E-state index contributed by atoms with van der Waals surface area (Å²) in [5.74, 6) is 0.492. The molecule has 1 unspecified atom stereocenters. The molecule has 0 aliphatic heterocycles. The first-order valence-corrected chi connectivity index (χ1v) is 5.84. The van der Waals surface area contributed by atoms with Crippen LogP contribution < -0.4 is 5.73 Å². The molecular weight excluding hydrogens is 288 g/mol. The molecule has 1 atom stereocenters. The zero-order valence-electron chi connectivity index (χ0n) is 8.88. The maximum absolute atomic E-state index is 9.64. The van der Waals surface area contributed by atoms with Crippen LogP contribution in [0.5, 0.6) is 0 Å². The van der Waals surface area contributed by atoms with Crippen LogP contribution in [0, 0.1) is 0 Å². The van der Waals surface area contributed by atoms with Crippen molar-refractivity contribution in [3.05, 3.63) is 28.7 Å². The minimum absolute atomic E-state index is 0.156. The Morgan fingerprint density at radius 1 is 1.53 bits per heavy atom. The van der Waals surface area contributed by atoms with Gasteiger partial charge in [0.1, 0.15) is 11.8 Å². The molecule has 2 aromatic rings. The van der Waals surface area contributed by atoms with E-state index in [4.69, 9.17) is 10.3 Å². The highest BCUT2D eigenvalue weighted by Crippen LogP contribution is 2.24. The zero-order valence-corrected chi connectivity index (χ0v) is 10.5. The van der Waals surface area contributed by atoms with E-state index in [1.54, 1.807) is 12.3 Å². The second-order valence-corrected chi connectivity index (χ2v) is 4.24. The lowest BCUT2D eigenvalue weighted by Gasteiger charge is -2.01. The van der Waals surface area contributed by atoms with Crippen LogP contribution in [0.3, 0.4) is 0 Å². The van der Waals surface area contributed by atoms with Crippen molar-refractivity contribution in [2.24, 2.45) is 5.73 Å². The van der Waals surface area contributed by atoms with E-state index in [2.05, 4.69) is 31.1 Å². The molecule has 7 heteroatoms. The van der Waals surface area contributed by atoms with Crippen LogP contribution in [0.2, 0.25) is 0 Å². The Hall–Kier alpha value is -1.31. The van der Waals surface area contributed by atoms with E-state index in [1.165, 1.54) is 0 Å². The van der Waals surface area contributed by atoms with E-state index in [-0.39, 0.29) is 5.89 Å². The number of hydrogen-bond donors (Lipinski definition) is 2. The average molecular weight is 299 g/mol. The quantitative estimate of drug-likeness (QED) is 0.882. The summed E-state index contributed by atoms with van der Waals surface area (Å²) in [6, 6.07) is 3.62. The third kappa shape index (κ3) is 2.68. The molecule has 17 heavy (non-hydrogen) atoms. The van der Waals surface area contributed by atoms with Crippen molar-refractivity contribution in [3.8, 4) is 11.5 Å². The lowest BCUT2D eigenvalue weighted by Crippen LogP contribution is -2.06. The number of hydrogen-bond acceptors (Lipinski definition) is 6. The predicted molar refractivity (Wildman–Crippen MR) is 63.9 cm³/mol. The van der Waals surface area contributed by atoms with Crippen molar-refractivity contribution < 1.29 is 9.63 Å². The highest BCUT2D eigenvalue weighted by molar-refractivity contribution is 9.10. The first-order valence-electron chi connectivity index (χ1n) is 5.05. The van der Waals surface area contributed by atoms with E-state index in [0.717, 1.165) is 4.47 Å². The van der Waals surface area contributed by atoms with Crippen LogP contribution in [0.15, 0.2) is 27.3 Å². The number of aliphatic hydroxyl groups excluding tert-OH is 1. The van der Waals surface area contributed by atoms with Crippen molar-refractivity contribution in [1.29, 1.82) is 0 Å². The standard InChI is InChI=1S/C10H11BrN4O2/c11-6-2-1-5-13-8(6)9-14-10(17-15-9)7(16)3-4-12/h1-2,5,7,16H,3-4,12H2. The van der Waals surface area contributed by atoms with Gasteiger partial charge in [-0.3, -0.25) is 4.98 Å². The largest absolute Gasteiger partial charge is 0.383 e. The van der Waals surface area contributed by atoms with Crippen molar-refractivity contribution in [1.82, 2.24) is 15.1 Å². The highest BCUT2D eigenvalue weighted by Gasteiger charge is 2.17. The fraction of sp³-hybridized carbons (Fsp3) is 0.300. The maximum atomic E-state index is 9.64. The van der Waals surface area contributed by atoms with Crippen LogP contribution in [-0.2, 0) is 0 Å². The van der Waals surface area contributed by atoms with Crippen molar-refractivity contribution in [3.63, 3.8) is 0 Å². The van der Waals surface area contributed by atoms with Crippen molar-refractivity contribution in [2.45, 2.75) is 12.5 Å². The fourth-order valence-electron chi connectivity index (χ4n) is 1.30. The average Bonchev–Trinajstić information content (AvgIpc) is 2.79. The predicted octanol–water partition coefficient (Wildman–Crippen LogP) is 1.28. The second-order valence-electron chi connectivity index (χ2n) is 3.38. The summed E-state index contributed by atoms with van der Waals surface area (Å²) in [5, 5.41) is 13.4. The van der Waals surface area contributed by atoms with Crippen LogP contribution in [0.1, 0.15) is 18.4 Å². The Labute approximate surface area is 106 Å². The molecule has 0 saturated heterocycles. The molecule has 2 heterocycles. The van der Waals surface area contributed by atoms with E-state index < -0.39 is 6.10 Å². The monoisotopic (exact) mass is 298 g/mol. The summed E-state index contributed by atoms with van der Waals surface area (Å²) in [4.78, 5) is 8.21. The van der Waals surface area contributed by atoms with Gasteiger partial charge < -0.3 is 15.4 Å². The highest BCUT2D eigenvalue weighted by atomic mass is 79.9. The fourth-order valence-corrected chi connectivity index (χ4v) is 1.73. The topological polar surface area (TPSA) is 98.1 Å². The Kier molecular flexibility index (Phi) is 3.82. The number of aliphatic hydroxyl groups is 1. The van der Waals surface area contributed by atoms with E-state index in [1.807, 2.05) is 6.07 Å². The molecule has 2 aromatic heterocycles.